The molecule has 0 aliphatic rings. The molecule has 2 rings (SSSR count). The van der Waals surface area contributed by atoms with E-state index in [1.54, 1.807) is 24.0 Å². The zero-order valence-corrected chi connectivity index (χ0v) is 17.5. The second-order valence-electron chi connectivity index (χ2n) is 5.98. The van der Waals surface area contributed by atoms with E-state index in [0.29, 0.717) is 22.4 Å². The first-order chi connectivity index (χ1) is 12.8. The summed E-state index contributed by atoms with van der Waals surface area (Å²) in [7, 11) is 1.70. The summed E-state index contributed by atoms with van der Waals surface area (Å²) in [6.07, 6.45) is 5.44. The number of para-hydroxylation sites is 1. The second kappa shape index (κ2) is 9.58. The number of hydrogen-bond acceptors (Lipinski definition) is 3. The van der Waals surface area contributed by atoms with E-state index in [9.17, 15) is 0 Å². The minimum absolute atomic E-state index is 0.382. The fraction of sp³-hybridized carbons (Fsp3) is 0.238. The number of aliphatic imine (C=N–C) groups is 1. The Morgan fingerprint density at radius 3 is 2.63 bits per heavy atom. The van der Waals surface area contributed by atoms with Gasteiger partial charge in [0.1, 0.15) is 12.4 Å². The topological polar surface area (TPSA) is 39.4 Å². The number of ether oxygens (including phenoxy) is 1. The summed E-state index contributed by atoms with van der Waals surface area (Å²) in [5, 5.41) is 5.83. The standard InChI is InChI=1S/C21H23Cl2N3O/c1-14(10-11-18(12-24-5)15(2)22)26-17(4)19(16(3)25-26)13-27-21-9-7-6-8-20(21)23/h6-12H,1,13H2,2-5H3/b11-10-,18-15-,24-12?. The fourth-order valence-corrected chi connectivity index (χ4v) is 2.82. The molecule has 4 nitrogen and oxygen atoms in total. The van der Waals surface area contributed by atoms with Crippen molar-refractivity contribution in [3.8, 4) is 5.75 Å². The Balaban J connectivity index is 2.20. The quantitative estimate of drug-likeness (QED) is 0.421. The molecule has 0 N–H and O–H groups in total. The molecular weight excluding hydrogens is 381 g/mol. The van der Waals surface area contributed by atoms with Gasteiger partial charge in [-0.05, 0) is 39.0 Å². The van der Waals surface area contributed by atoms with Crippen LogP contribution >= 0.6 is 23.2 Å². The van der Waals surface area contributed by atoms with Crippen molar-refractivity contribution < 1.29 is 4.74 Å². The first kappa shape index (κ1) is 21.0. The van der Waals surface area contributed by atoms with E-state index in [2.05, 4.69) is 16.7 Å². The number of allylic oxidation sites excluding steroid dienone is 5. The largest absolute Gasteiger partial charge is 0.487 e. The minimum Gasteiger partial charge on any atom is -0.487 e. The molecule has 0 radical (unpaired) electrons. The van der Waals surface area contributed by atoms with Gasteiger partial charge in [-0.3, -0.25) is 4.99 Å². The van der Waals surface area contributed by atoms with Gasteiger partial charge in [-0.1, -0.05) is 48.0 Å². The Kier molecular flexibility index (Phi) is 7.45. The highest BCUT2D eigenvalue weighted by atomic mass is 35.5. The van der Waals surface area contributed by atoms with Crippen molar-refractivity contribution >= 4 is 35.1 Å². The molecule has 27 heavy (non-hydrogen) atoms. The molecule has 0 spiro atoms. The predicted octanol–water partition coefficient (Wildman–Crippen LogP) is 5.97. The second-order valence-corrected chi connectivity index (χ2v) is 6.96. The lowest BCUT2D eigenvalue weighted by atomic mass is 10.2. The molecule has 2 aromatic rings. The van der Waals surface area contributed by atoms with Crippen LogP contribution in [0.25, 0.3) is 5.70 Å². The van der Waals surface area contributed by atoms with E-state index in [4.69, 9.17) is 27.9 Å². The number of nitrogens with zero attached hydrogens (tertiary/aromatic N) is 3. The molecule has 6 heteroatoms. The third kappa shape index (κ3) is 5.34. The summed E-state index contributed by atoms with van der Waals surface area (Å²) < 4.78 is 7.66. The highest BCUT2D eigenvalue weighted by Crippen LogP contribution is 2.26. The molecule has 1 aromatic heterocycles. The van der Waals surface area contributed by atoms with E-state index in [1.165, 1.54) is 0 Å². The van der Waals surface area contributed by atoms with E-state index < -0.39 is 0 Å². The van der Waals surface area contributed by atoms with Gasteiger partial charge in [-0.15, -0.1) is 0 Å². The lowest BCUT2D eigenvalue weighted by molar-refractivity contribution is 0.305. The first-order valence-corrected chi connectivity index (χ1v) is 9.19. The Morgan fingerprint density at radius 1 is 1.30 bits per heavy atom. The molecule has 0 amide bonds. The summed E-state index contributed by atoms with van der Waals surface area (Å²) in [6.45, 7) is 10.2. The van der Waals surface area contributed by atoms with Gasteiger partial charge in [0, 0.05) is 35.1 Å². The maximum absolute atomic E-state index is 6.15. The number of hydrogen-bond donors (Lipinski definition) is 0. The van der Waals surface area contributed by atoms with Crippen LogP contribution in [-0.4, -0.2) is 23.0 Å². The predicted molar refractivity (Wildman–Crippen MR) is 115 cm³/mol. The van der Waals surface area contributed by atoms with E-state index in [1.807, 2.05) is 51.1 Å². The SMILES string of the molecule is C=C(/C=C\C(C=NC)=C(/C)Cl)n1nc(C)c(COc2ccccc2Cl)c1C. The van der Waals surface area contributed by atoms with Gasteiger partial charge >= 0.3 is 0 Å². The smallest absolute Gasteiger partial charge is 0.138 e. The van der Waals surface area contributed by atoms with Crippen LogP contribution in [-0.2, 0) is 6.61 Å². The number of rotatable bonds is 7. The highest BCUT2D eigenvalue weighted by molar-refractivity contribution is 6.32. The number of halogens is 2. The molecule has 0 atom stereocenters. The van der Waals surface area contributed by atoms with E-state index >= 15 is 0 Å². The third-order valence-electron chi connectivity index (χ3n) is 4.04. The first-order valence-electron chi connectivity index (χ1n) is 8.43. The minimum atomic E-state index is 0.382. The van der Waals surface area contributed by atoms with Crippen molar-refractivity contribution in [3.63, 3.8) is 0 Å². The van der Waals surface area contributed by atoms with Gasteiger partial charge < -0.3 is 4.74 Å². The van der Waals surface area contributed by atoms with Crippen LogP contribution in [0.1, 0.15) is 23.9 Å². The molecule has 0 unspecified atom stereocenters. The summed E-state index contributed by atoms with van der Waals surface area (Å²) >= 11 is 12.2. The molecule has 0 aliphatic carbocycles. The Bertz CT molecular complexity index is 920. The lowest BCUT2D eigenvalue weighted by Crippen LogP contribution is -2.01. The normalized spacial score (nSPS) is 12.7. The van der Waals surface area contributed by atoms with Crippen LogP contribution in [0.2, 0.25) is 5.02 Å². The van der Waals surface area contributed by atoms with Gasteiger partial charge in [0.05, 0.1) is 16.4 Å². The maximum Gasteiger partial charge on any atom is 0.138 e. The highest BCUT2D eigenvalue weighted by Gasteiger charge is 2.14. The van der Waals surface area contributed by atoms with Crippen molar-refractivity contribution in [2.24, 2.45) is 4.99 Å². The molecule has 142 valence electrons. The summed E-state index contributed by atoms with van der Waals surface area (Å²) in [6, 6.07) is 7.40. The number of benzene rings is 1. The van der Waals surface area contributed by atoms with Gasteiger partial charge in [-0.25, -0.2) is 4.68 Å². The Hall–Kier alpha value is -2.30. The van der Waals surface area contributed by atoms with Gasteiger partial charge in [0.25, 0.3) is 0 Å². The molecule has 0 saturated carbocycles. The van der Waals surface area contributed by atoms with Crippen LogP contribution < -0.4 is 4.74 Å². The Morgan fingerprint density at radius 2 is 2.00 bits per heavy atom. The average molecular weight is 404 g/mol. The number of aryl methyl sites for hydroxylation is 1. The van der Waals surface area contributed by atoms with Crippen molar-refractivity contribution in [2.45, 2.75) is 27.4 Å². The average Bonchev–Trinajstić information content (AvgIpc) is 2.91. The molecule has 1 aromatic carbocycles. The van der Waals surface area contributed by atoms with Crippen molar-refractivity contribution in [1.82, 2.24) is 9.78 Å². The van der Waals surface area contributed by atoms with Crippen LogP contribution in [0.15, 0.2) is 58.6 Å². The number of aromatic nitrogens is 2. The summed E-state index contributed by atoms with van der Waals surface area (Å²) in [5.74, 6) is 0.649. The fourth-order valence-electron chi connectivity index (χ4n) is 2.52. The summed E-state index contributed by atoms with van der Waals surface area (Å²) in [5.41, 5.74) is 4.40. The molecule has 0 aliphatic heterocycles. The van der Waals surface area contributed by atoms with Crippen LogP contribution in [0.5, 0.6) is 5.75 Å². The molecular formula is C21H23Cl2N3O. The van der Waals surface area contributed by atoms with Crippen LogP contribution in [0.3, 0.4) is 0 Å². The van der Waals surface area contributed by atoms with Crippen molar-refractivity contribution in [3.05, 3.63) is 75.6 Å². The van der Waals surface area contributed by atoms with Crippen LogP contribution in [0, 0.1) is 13.8 Å². The Labute approximate surface area is 170 Å². The maximum atomic E-state index is 6.15. The van der Waals surface area contributed by atoms with E-state index in [0.717, 1.165) is 28.2 Å². The lowest BCUT2D eigenvalue weighted by Gasteiger charge is -2.09. The molecule has 0 fully saturated rings. The zero-order valence-electron chi connectivity index (χ0n) is 16.0. The monoisotopic (exact) mass is 403 g/mol. The third-order valence-corrected chi connectivity index (χ3v) is 4.57. The van der Waals surface area contributed by atoms with E-state index in [-0.39, 0.29) is 0 Å². The van der Waals surface area contributed by atoms with Crippen molar-refractivity contribution in [2.75, 3.05) is 7.05 Å². The van der Waals surface area contributed by atoms with Crippen molar-refractivity contribution in [1.29, 1.82) is 0 Å². The molecule has 0 bridgehead atoms. The van der Waals surface area contributed by atoms with Gasteiger partial charge in [0.2, 0.25) is 0 Å². The van der Waals surface area contributed by atoms with Gasteiger partial charge in [-0.2, -0.15) is 5.10 Å². The summed E-state index contributed by atoms with van der Waals surface area (Å²) in [4.78, 5) is 4.01. The molecule has 0 saturated heterocycles. The van der Waals surface area contributed by atoms with Gasteiger partial charge in [0.15, 0.2) is 0 Å². The molecule has 1 heterocycles. The zero-order chi connectivity index (χ0) is 20.0. The van der Waals surface area contributed by atoms with Crippen LogP contribution in [0.4, 0.5) is 0 Å².